The topological polar surface area (TPSA) is 40.6 Å². The lowest BCUT2D eigenvalue weighted by molar-refractivity contribution is -0.123. The number of carbonyl (C=O) groups is 2. The van der Waals surface area contributed by atoms with Gasteiger partial charge in [-0.3, -0.25) is 14.5 Å². The van der Waals surface area contributed by atoms with Gasteiger partial charge in [0.25, 0.3) is 11.1 Å². The van der Waals surface area contributed by atoms with Gasteiger partial charge < -0.3 is 4.90 Å². The Bertz CT molecular complexity index is 1110. The molecule has 2 heterocycles. The number of rotatable bonds is 3. The van der Waals surface area contributed by atoms with Gasteiger partial charge in [0.05, 0.1) is 11.4 Å². The van der Waals surface area contributed by atoms with E-state index in [9.17, 15) is 9.59 Å². The first-order valence-electron chi connectivity index (χ1n) is 10.1. The zero-order valence-corrected chi connectivity index (χ0v) is 20.2. The Hall–Kier alpha value is -1.95. The Morgan fingerprint density at radius 2 is 1.87 bits per heavy atom. The maximum atomic E-state index is 13.0. The van der Waals surface area contributed by atoms with Crippen molar-refractivity contribution in [1.82, 2.24) is 4.90 Å². The zero-order valence-electron chi connectivity index (χ0n) is 17.9. The van der Waals surface area contributed by atoms with Crippen molar-refractivity contribution in [3.8, 4) is 0 Å². The summed E-state index contributed by atoms with van der Waals surface area (Å²) in [6.45, 7) is 6.81. The van der Waals surface area contributed by atoms with Gasteiger partial charge in [0.15, 0.2) is 0 Å². The molecule has 7 heteroatoms. The summed E-state index contributed by atoms with van der Waals surface area (Å²) in [5.41, 5.74) is 3.84. The van der Waals surface area contributed by atoms with Crippen LogP contribution in [0, 0.1) is 0 Å². The van der Waals surface area contributed by atoms with Crippen LogP contribution in [0.5, 0.6) is 0 Å². The lowest BCUT2D eigenvalue weighted by atomic mass is 9.80. The number of hydrogen-bond donors (Lipinski definition) is 0. The summed E-state index contributed by atoms with van der Waals surface area (Å²) in [6, 6.07) is 11.2. The molecule has 0 aliphatic carbocycles. The third kappa shape index (κ3) is 4.11. The maximum Gasteiger partial charge on any atom is 0.293 e. The van der Waals surface area contributed by atoms with Crippen molar-refractivity contribution >= 4 is 57.9 Å². The second-order valence-corrected chi connectivity index (χ2v) is 10.6. The minimum atomic E-state index is -0.324. The van der Waals surface area contributed by atoms with Crippen molar-refractivity contribution in [2.45, 2.75) is 45.2 Å². The molecule has 1 fully saturated rings. The van der Waals surface area contributed by atoms with Gasteiger partial charge in [-0.25, -0.2) is 0 Å². The zero-order chi connectivity index (χ0) is 22.5. The van der Waals surface area contributed by atoms with Crippen LogP contribution in [0.15, 0.2) is 41.3 Å². The Balaban J connectivity index is 1.65. The monoisotopic (exact) mass is 474 g/mol. The fourth-order valence-corrected chi connectivity index (χ4v) is 5.53. The number of amides is 2. The largest absolute Gasteiger partial charge is 0.369 e. The molecule has 0 spiro atoms. The Morgan fingerprint density at radius 1 is 1.16 bits per heavy atom. The smallest absolute Gasteiger partial charge is 0.293 e. The van der Waals surface area contributed by atoms with E-state index in [1.807, 2.05) is 24.3 Å². The fourth-order valence-electron chi connectivity index (χ4n) is 4.29. The summed E-state index contributed by atoms with van der Waals surface area (Å²) < 4.78 is 0. The molecule has 2 aromatic rings. The summed E-state index contributed by atoms with van der Waals surface area (Å²) in [4.78, 5) is 29.3. The van der Waals surface area contributed by atoms with Crippen LogP contribution in [0.2, 0.25) is 10.0 Å². The van der Waals surface area contributed by atoms with Gasteiger partial charge in [0, 0.05) is 28.3 Å². The van der Waals surface area contributed by atoms with E-state index in [2.05, 4.69) is 38.8 Å². The van der Waals surface area contributed by atoms with E-state index in [1.54, 1.807) is 12.1 Å². The van der Waals surface area contributed by atoms with Crippen LogP contribution in [-0.2, 0) is 11.3 Å². The number of carbonyl (C=O) groups excluding carboxylic acids is 2. The lowest BCUT2D eigenvalue weighted by Gasteiger charge is -2.45. The van der Waals surface area contributed by atoms with E-state index in [0.717, 1.165) is 35.0 Å². The quantitative estimate of drug-likeness (QED) is 0.451. The van der Waals surface area contributed by atoms with E-state index in [-0.39, 0.29) is 23.2 Å². The van der Waals surface area contributed by atoms with Gasteiger partial charge in [0.1, 0.15) is 0 Å². The Morgan fingerprint density at radius 3 is 2.58 bits per heavy atom. The first kappa shape index (κ1) is 22.3. The van der Waals surface area contributed by atoms with E-state index in [0.29, 0.717) is 20.9 Å². The van der Waals surface area contributed by atoms with E-state index >= 15 is 0 Å². The summed E-state index contributed by atoms with van der Waals surface area (Å²) in [7, 11) is 2.08. The van der Waals surface area contributed by atoms with Crippen LogP contribution in [-0.4, -0.2) is 28.6 Å². The third-order valence-electron chi connectivity index (χ3n) is 6.20. The standard InChI is InChI=1S/C24H24Cl2N2O2S/c1-14-12-24(2,3)27(4)20-11-19(26)16(9-17(14)20)10-21-22(29)28(23(30)31-21)13-15-7-5-6-8-18(15)25/h5-11,14H,12-13H2,1-4H3/b21-10+. The Kier molecular flexibility index (Phi) is 5.88. The molecule has 2 amide bonds. The number of anilines is 1. The van der Waals surface area contributed by atoms with Crippen molar-refractivity contribution < 1.29 is 9.59 Å². The molecule has 4 nitrogen and oxygen atoms in total. The summed E-state index contributed by atoms with van der Waals surface area (Å²) in [5, 5.41) is 0.790. The number of benzene rings is 2. The summed E-state index contributed by atoms with van der Waals surface area (Å²) in [5.74, 6) is 0.0379. The number of thioether (sulfide) groups is 1. The second-order valence-electron chi connectivity index (χ2n) is 8.77. The predicted molar refractivity (Wildman–Crippen MR) is 130 cm³/mol. The van der Waals surface area contributed by atoms with Gasteiger partial charge in [-0.1, -0.05) is 48.3 Å². The molecular weight excluding hydrogens is 451 g/mol. The Labute approximate surface area is 197 Å². The van der Waals surface area contributed by atoms with Gasteiger partial charge in [-0.15, -0.1) is 0 Å². The van der Waals surface area contributed by atoms with Crippen molar-refractivity contribution in [3.63, 3.8) is 0 Å². The first-order chi connectivity index (χ1) is 14.6. The third-order valence-corrected chi connectivity index (χ3v) is 7.80. The maximum absolute atomic E-state index is 13.0. The molecule has 0 radical (unpaired) electrons. The van der Waals surface area contributed by atoms with E-state index in [1.165, 1.54) is 10.5 Å². The second kappa shape index (κ2) is 8.19. The van der Waals surface area contributed by atoms with E-state index in [4.69, 9.17) is 23.2 Å². The van der Waals surface area contributed by atoms with Crippen molar-refractivity contribution in [1.29, 1.82) is 0 Å². The van der Waals surface area contributed by atoms with Crippen LogP contribution < -0.4 is 4.90 Å². The van der Waals surface area contributed by atoms with Crippen LogP contribution in [0.25, 0.3) is 6.08 Å². The molecule has 0 N–H and O–H groups in total. The summed E-state index contributed by atoms with van der Waals surface area (Å²) in [6.07, 6.45) is 2.75. The molecule has 162 valence electrons. The van der Waals surface area contributed by atoms with Crippen molar-refractivity contribution in [2.24, 2.45) is 0 Å². The number of halogens is 2. The van der Waals surface area contributed by atoms with Crippen LogP contribution in [0.4, 0.5) is 10.5 Å². The SMILES string of the molecule is CC1CC(C)(C)N(C)c2cc(Cl)c(/C=C3/SC(=O)N(Cc4ccccc4Cl)C3=O)cc21. The highest BCUT2D eigenvalue weighted by Gasteiger charge is 2.37. The molecule has 0 saturated carbocycles. The average molecular weight is 475 g/mol. The van der Waals surface area contributed by atoms with Gasteiger partial charge >= 0.3 is 0 Å². The molecule has 1 atom stereocenters. The van der Waals surface area contributed by atoms with Crippen LogP contribution in [0.3, 0.4) is 0 Å². The lowest BCUT2D eigenvalue weighted by Crippen LogP contribution is -2.45. The number of hydrogen-bond acceptors (Lipinski definition) is 4. The van der Waals surface area contributed by atoms with Crippen LogP contribution >= 0.6 is 35.0 Å². The normalized spacial score (nSPS) is 21.7. The van der Waals surface area contributed by atoms with Gasteiger partial charge in [0.2, 0.25) is 0 Å². The number of fused-ring (bicyclic) bond motifs is 1. The minimum absolute atomic E-state index is 0.0403. The van der Waals surface area contributed by atoms with Crippen molar-refractivity contribution in [3.05, 3.63) is 68.0 Å². The highest BCUT2D eigenvalue weighted by Crippen LogP contribution is 2.45. The highest BCUT2D eigenvalue weighted by atomic mass is 35.5. The average Bonchev–Trinajstić information content (AvgIpc) is 2.96. The molecule has 4 rings (SSSR count). The van der Waals surface area contributed by atoms with E-state index < -0.39 is 0 Å². The van der Waals surface area contributed by atoms with Crippen LogP contribution in [0.1, 0.15) is 49.8 Å². The molecule has 31 heavy (non-hydrogen) atoms. The van der Waals surface area contributed by atoms with Gasteiger partial charge in [-0.05, 0) is 78.9 Å². The molecule has 2 aliphatic rings. The van der Waals surface area contributed by atoms with Crippen molar-refractivity contribution in [2.75, 3.05) is 11.9 Å². The number of nitrogens with zero attached hydrogens (tertiary/aromatic N) is 2. The van der Waals surface area contributed by atoms with Gasteiger partial charge in [-0.2, -0.15) is 0 Å². The molecule has 1 saturated heterocycles. The minimum Gasteiger partial charge on any atom is -0.369 e. The molecule has 2 aliphatic heterocycles. The highest BCUT2D eigenvalue weighted by molar-refractivity contribution is 8.18. The predicted octanol–water partition coefficient (Wildman–Crippen LogP) is 6.95. The molecular formula is C24H24Cl2N2O2S. The molecule has 0 aromatic heterocycles. The summed E-state index contributed by atoms with van der Waals surface area (Å²) >= 11 is 13.8. The fraction of sp³-hybridized carbons (Fsp3) is 0.333. The molecule has 0 bridgehead atoms. The molecule has 1 unspecified atom stereocenters. The molecule has 2 aromatic carbocycles. The first-order valence-corrected chi connectivity index (χ1v) is 11.7. The number of imide groups is 1.